The van der Waals surface area contributed by atoms with Crippen LogP contribution in [0.25, 0.3) is 0 Å². The van der Waals surface area contributed by atoms with E-state index in [2.05, 4.69) is 17.7 Å². The fourth-order valence-corrected chi connectivity index (χ4v) is 2.06. The molecule has 0 aromatic rings. The van der Waals surface area contributed by atoms with Crippen molar-refractivity contribution in [3.05, 3.63) is 23.8 Å². The Balaban J connectivity index is 2.03. The number of allylic oxidation sites excluding steroid dienone is 3. The summed E-state index contributed by atoms with van der Waals surface area (Å²) in [6.45, 7) is 2.23. The van der Waals surface area contributed by atoms with Gasteiger partial charge in [-0.15, -0.1) is 0 Å². The van der Waals surface area contributed by atoms with E-state index >= 15 is 0 Å². The highest BCUT2D eigenvalue weighted by Gasteiger charge is 2.25. The minimum absolute atomic E-state index is 0.112. The molecule has 0 aliphatic carbocycles. The zero-order valence-electron chi connectivity index (χ0n) is 11.8. The number of ether oxygens (including phenoxy) is 1. The highest BCUT2D eigenvalue weighted by atomic mass is 16.6. The molecule has 0 saturated carbocycles. The summed E-state index contributed by atoms with van der Waals surface area (Å²) in [4.78, 5) is 22.0. The van der Waals surface area contributed by atoms with Crippen molar-refractivity contribution < 1.29 is 14.3 Å². The van der Waals surface area contributed by atoms with Gasteiger partial charge in [0, 0.05) is 5.57 Å². The summed E-state index contributed by atoms with van der Waals surface area (Å²) in [5.74, 6) is -0.942. The Morgan fingerprint density at radius 1 is 1.05 bits per heavy atom. The number of rotatable bonds is 9. The lowest BCUT2D eigenvalue weighted by atomic mass is 10.1. The van der Waals surface area contributed by atoms with Crippen LogP contribution in [0.15, 0.2) is 23.8 Å². The molecule has 0 atom stereocenters. The first-order valence-corrected chi connectivity index (χ1v) is 7.34. The predicted molar refractivity (Wildman–Crippen MR) is 75.5 cm³/mol. The molecule has 1 rings (SSSR count). The van der Waals surface area contributed by atoms with Crippen molar-refractivity contribution in [2.75, 3.05) is 0 Å². The van der Waals surface area contributed by atoms with Gasteiger partial charge in [0.2, 0.25) is 0 Å². The monoisotopic (exact) mass is 264 g/mol. The second-order valence-corrected chi connectivity index (χ2v) is 4.97. The molecule has 1 aliphatic heterocycles. The quantitative estimate of drug-likeness (QED) is 0.273. The molecule has 1 heterocycles. The third-order valence-corrected chi connectivity index (χ3v) is 3.21. The van der Waals surface area contributed by atoms with E-state index in [-0.39, 0.29) is 6.42 Å². The van der Waals surface area contributed by atoms with Gasteiger partial charge in [0.15, 0.2) is 0 Å². The summed E-state index contributed by atoms with van der Waals surface area (Å²) in [6, 6.07) is 0. The van der Waals surface area contributed by atoms with Crippen molar-refractivity contribution in [3.63, 3.8) is 0 Å². The lowest BCUT2D eigenvalue weighted by Crippen LogP contribution is -1.96. The van der Waals surface area contributed by atoms with Crippen LogP contribution in [0.5, 0.6) is 0 Å². The summed E-state index contributed by atoms with van der Waals surface area (Å²) in [6.07, 6.45) is 15.8. The Kier molecular flexibility index (Phi) is 7.87. The molecule has 0 aromatic carbocycles. The molecule has 0 amide bonds. The van der Waals surface area contributed by atoms with Crippen LogP contribution in [0, 0.1) is 0 Å². The van der Waals surface area contributed by atoms with Crippen LogP contribution in [0.3, 0.4) is 0 Å². The van der Waals surface area contributed by atoms with Crippen LogP contribution in [0.2, 0.25) is 0 Å². The highest BCUT2D eigenvalue weighted by molar-refractivity contribution is 6.05. The van der Waals surface area contributed by atoms with Gasteiger partial charge >= 0.3 is 11.9 Å². The van der Waals surface area contributed by atoms with Crippen molar-refractivity contribution in [1.82, 2.24) is 0 Å². The topological polar surface area (TPSA) is 43.4 Å². The third-order valence-electron chi connectivity index (χ3n) is 3.21. The molecule has 0 unspecified atom stereocenters. The molecular formula is C16H24O3. The van der Waals surface area contributed by atoms with Gasteiger partial charge in [-0.25, -0.2) is 4.79 Å². The fourth-order valence-electron chi connectivity index (χ4n) is 2.06. The zero-order valence-corrected chi connectivity index (χ0v) is 11.8. The van der Waals surface area contributed by atoms with E-state index in [9.17, 15) is 9.59 Å². The Morgan fingerprint density at radius 3 is 2.37 bits per heavy atom. The summed E-state index contributed by atoms with van der Waals surface area (Å²) < 4.78 is 4.44. The first-order valence-electron chi connectivity index (χ1n) is 7.34. The van der Waals surface area contributed by atoms with Crippen LogP contribution in [0.4, 0.5) is 0 Å². The first-order chi connectivity index (χ1) is 9.24. The van der Waals surface area contributed by atoms with E-state index in [4.69, 9.17) is 0 Å². The maximum Gasteiger partial charge on any atom is 0.342 e. The SMILES string of the molecule is CCCCCCCCCC=CC=C1CC(=O)OC1=O. The molecule has 19 heavy (non-hydrogen) atoms. The largest absolute Gasteiger partial charge is 0.389 e. The van der Waals surface area contributed by atoms with E-state index < -0.39 is 11.9 Å². The van der Waals surface area contributed by atoms with Gasteiger partial charge in [-0.1, -0.05) is 63.7 Å². The fraction of sp³-hybridized carbons (Fsp3) is 0.625. The van der Waals surface area contributed by atoms with Gasteiger partial charge in [0.25, 0.3) is 0 Å². The number of esters is 2. The van der Waals surface area contributed by atoms with Gasteiger partial charge in [-0.05, 0) is 12.8 Å². The molecule has 0 N–H and O–H groups in total. The van der Waals surface area contributed by atoms with E-state index in [0.717, 1.165) is 6.42 Å². The van der Waals surface area contributed by atoms with Crippen molar-refractivity contribution in [2.45, 2.75) is 64.7 Å². The van der Waals surface area contributed by atoms with Gasteiger partial charge in [0.05, 0.1) is 6.42 Å². The van der Waals surface area contributed by atoms with Crippen LogP contribution in [-0.2, 0) is 14.3 Å². The Bertz CT molecular complexity index is 353. The average Bonchev–Trinajstić information content (AvgIpc) is 2.70. The molecule has 0 radical (unpaired) electrons. The highest BCUT2D eigenvalue weighted by Crippen LogP contribution is 2.14. The molecule has 0 bridgehead atoms. The van der Waals surface area contributed by atoms with Crippen molar-refractivity contribution in [1.29, 1.82) is 0 Å². The van der Waals surface area contributed by atoms with E-state index in [1.54, 1.807) is 6.08 Å². The first kappa shape index (κ1) is 15.7. The summed E-state index contributed by atoms with van der Waals surface area (Å²) >= 11 is 0. The number of carbonyl (C=O) groups is 2. The van der Waals surface area contributed by atoms with E-state index in [1.807, 2.05) is 6.08 Å². The van der Waals surface area contributed by atoms with E-state index in [1.165, 1.54) is 44.9 Å². The Labute approximate surface area is 115 Å². The maximum atomic E-state index is 11.1. The molecule has 0 aromatic heterocycles. The Hall–Kier alpha value is -1.38. The lowest BCUT2D eigenvalue weighted by Gasteiger charge is -1.98. The number of hydrogen-bond acceptors (Lipinski definition) is 3. The molecule has 1 fully saturated rings. The van der Waals surface area contributed by atoms with Gasteiger partial charge < -0.3 is 4.74 Å². The number of hydrogen-bond donors (Lipinski definition) is 0. The second kappa shape index (κ2) is 9.54. The van der Waals surface area contributed by atoms with Gasteiger partial charge in [0.1, 0.15) is 0 Å². The third kappa shape index (κ3) is 6.94. The van der Waals surface area contributed by atoms with Crippen LogP contribution >= 0.6 is 0 Å². The molecular weight excluding hydrogens is 240 g/mol. The molecule has 1 aliphatic rings. The Morgan fingerprint density at radius 2 is 1.74 bits per heavy atom. The zero-order chi connectivity index (χ0) is 13.9. The predicted octanol–water partition coefficient (Wildman–Crippen LogP) is 4.08. The number of carbonyl (C=O) groups excluding carboxylic acids is 2. The maximum absolute atomic E-state index is 11.1. The number of cyclic esters (lactones) is 2. The van der Waals surface area contributed by atoms with E-state index in [0.29, 0.717) is 5.57 Å². The summed E-state index contributed by atoms with van der Waals surface area (Å²) in [5, 5.41) is 0. The smallest absolute Gasteiger partial charge is 0.342 e. The van der Waals surface area contributed by atoms with Crippen LogP contribution in [0.1, 0.15) is 64.7 Å². The van der Waals surface area contributed by atoms with Crippen molar-refractivity contribution in [2.24, 2.45) is 0 Å². The molecule has 3 heteroatoms. The number of unbranched alkanes of at least 4 members (excludes halogenated alkanes) is 7. The lowest BCUT2D eigenvalue weighted by molar-refractivity contribution is -0.151. The van der Waals surface area contributed by atoms with Crippen molar-refractivity contribution >= 4 is 11.9 Å². The standard InChI is InChI=1S/C16H24O3/c1-2-3-4-5-6-7-8-9-10-11-12-14-13-15(17)19-16(14)18/h10-12H,2-9,13H2,1H3. The minimum Gasteiger partial charge on any atom is -0.389 e. The van der Waals surface area contributed by atoms with Gasteiger partial charge in [-0.2, -0.15) is 0 Å². The molecule has 3 nitrogen and oxygen atoms in total. The van der Waals surface area contributed by atoms with Crippen LogP contribution < -0.4 is 0 Å². The molecule has 0 spiro atoms. The average molecular weight is 264 g/mol. The minimum atomic E-state index is -0.495. The second-order valence-electron chi connectivity index (χ2n) is 4.97. The molecule has 1 saturated heterocycles. The van der Waals surface area contributed by atoms with Crippen LogP contribution in [-0.4, -0.2) is 11.9 Å². The normalized spacial score (nSPS) is 17.6. The van der Waals surface area contributed by atoms with Gasteiger partial charge in [-0.3, -0.25) is 4.79 Å². The summed E-state index contributed by atoms with van der Waals surface area (Å²) in [5.41, 5.74) is 0.459. The summed E-state index contributed by atoms with van der Waals surface area (Å²) in [7, 11) is 0. The van der Waals surface area contributed by atoms with Crippen molar-refractivity contribution in [3.8, 4) is 0 Å². The molecule has 106 valence electrons.